The molecule has 0 radical (unpaired) electrons. The molecule has 1 saturated heterocycles. The van der Waals surface area contributed by atoms with Gasteiger partial charge in [-0.2, -0.15) is 4.80 Å². The van der Waals surface area contributed by atoms with Gasteiger partial charge in [-0.25, -0.2) is 4.39 Å². The summed E-state index contributed by atoms with van der Waals surface area (Å²) < 4.78 is 13.8. The Labute approximate surface area is 192 Å². The van der Waals surface area contributed by atoms with Crippen LogP contribution < -0.4 is 5.32 Å². The zero-order valence-corrected chi connectivity index (χ0v) is 18.4. The van der Waals surface area contributed by atoms with E-state index in [0.29, 0.717) is 5.82 Å². The number of carbonyl (C=O) groups is 3. The zero-order valence-electron chi connectivity index (χ0n) is 17.6. The van der Waals surface area contributed by atoms with Crippen LogP contribution in [0.1, 0.15) is 11.1 Å². The van der Waals surface area contributed by atoms with Crippen molar-refractivity contribution in [1.82, 2.24) is 30.4 Å². The summed E-state index contributed by atoms with van der Waals surface area (Å²) in [5.41, 5.74) is 2.12. The lowest BCUT2D eigenvalue weighted by Crippen LogP contribution is -2.38. The van der Waals surface area contributed by atoms with Crippen molar-refractivity contribution in [1.29, 1.82) is 0 Å². The SMILES string of the molecule is Cc1ccc(-c2nnn(CC(=O)NCCN3C(=O)S/C(=C\c4ccccc4F)C3=O)n2)cc1. The van der Waals surface area contributed by atoms with E-state index in [9.17, 15) is 18.8 Å². The fraction of sp³-hybridized carbons (Fsp3) is 0.182. The highest BCUT2D eigenvalue weighted by atomic mass is 32.2. The molecule has 168 valence electrons. The first-order chi connectivity index (χ1) is 15.9. The summed E-state index contributed by atoms with van der Waals surface area (Å²) in [4.78, 5) is 39.2. The number of hydrogen-bond acceptors (Lipinski definition) is 7. The van der Waals surface area contributed by atoms with Crippen LogP contribution in [-0.2, 0) is 16.1 Å². The molecule has 3 amide bonds. The summed E-state index contributed by atoms with van der Waals surface area (Å²) >= 11 is 0.735. The number of nitrogens with one attached hydrogen (secondary N) is 1. The highest BCUT2D eigenvalue weighted by molar-refractivity contribution is 8.18. The number of nitrogens with zero attached hydrogens (tertiary/aromatic N) is 5. The third-order valence-electron chi connectivity index (χ3n) is 4.77. The summed E-state index contributed by atoms with van der Waals surface area (Å²) in [6, 6.07) is 13.6. The molecule has 1 aliphatic rings. The first kappa shape index (κ1) is 22.3. The largest absolute Gasteiger partial charge is 0.353 e. The smallest absolute Gasteiger partial charge is 0.293 e. The van der Waals surface area contributed by atoms with Crippen LogP contribution in [-0.4, -0.2) is 55.3 Å². The van der Waals surface area contributed by atoms with Crippen LogP contribution in [0.2, 0.25) is 0 Å². The number of tetrazole rings is 1. The van der Waals surface area contributed by atoms with Crippen molar-refractivity contribution < 1.29 is 18.8 Å². The number of amides is 3. The Morgan fingerprint density at radius 3 is 2.67 bits per heavy atom. The molecule has 1 fully saturated rings. The molecule has 2 aromatic carbocycles. The van der Waals surface area contributed by atoms with Crippen LogP contribution in [0.15, 0.2) is 53.4 Å². The number of aryl methyl sites for hydroxylation is 1. The Morgan fingerprint density at radius 1 is 1.15 bits per heavy atom. The fourth-order valence-electron chi connectivity index (χ4n) is 3.05. The second-order valence-electron chi connectivity index (χ2n) is 7.21. The summed E-state index contributed by atoms with van der Waals surface area (Å²) in [6.07, 6.45) is 1.35. The van der Waals surface area contributed by atoms with Gasteiger partial charge in [0.05, 0.1) is 4.91 Å². The van der Waals surface area contributed by atoms with Gasteiger partial charge in [-0.15, -0.1) is 10.2 Å². The normalized spacial score (nSPS) is 14.8. The summed E-state index contributed by atoms with van der Waals surface area (Å²) in [5, 5.41) is 14.2. The van der Waals surface area contributed by atoms with Crippen molar-refractivity contribution in [2.75, 3.05) is 13.1 Å². The molecule has 1 aliphatic heterocycles. The number of rotatable bonds is 7. The number of imide groups is 1. The van der Waals surface area contributed by atoms with Crippen LogP contribution in [0.3, 0.4) is 0 Å². The van der Waals surface area contributed by atoms with E-state index in [2.05, 4.69) is 20.7 Å². The summed E-state index contributed by atoms with van der Waals surface area (Å²) in [7, 11) is 0. The molecular formula is C22H19FN6O3S. The van der Waals surface area contributed by atoms with E-state index in [0.717, 1.165) is 27.8 Å². The molecule has 0 unspecified atom stereocenters. The molecule has 0 spiro atoms. The van der Waals surface area contributed by atoms with Crippen molar-refractivity contribution in [2.24, 2.45) is 0 Å². The van der Waals surface area contributed by atoms with Gasteiger partial charge in [0.15, 0.2) is 0 Å². The maximum absolute atomic E-state index is 13.8. The van der Waals surface area contributed by atoms with E-state index in [1.165, 1.54) is 23.0 Å². The summed E-state index contributed by atoms with van der Waals surface area (Å²) in [6.45, 7) is 1.86. The maximum Gasteiger partial charge on any atom is 0.293 e. The van der Waals surface area contributed by atoms with E-state index in [-0.39, 0.29) is 30.1 Å². The van der Waals surface area contributed by atoms with E-state index in [1.807, 2.05) is 31.2 Å². The van der Waals surface area contributed by atoms with Crippen LogP contribution in [0, 0.1) is 12.7 Å². The predicted octanol–water partition coefficient (Wildman–Crippen LogP) is 2.64. The molecule has 2 heterocycles. The molecule has 0 aliphatic carbocycles. The van der Waals surface area contributed by atoms with Gasteiger partial charge in [-0.3, -0.25) is 19.3 Å². The predicted molar refractivity (Wildman–Crippen MR) is 120 cm³/mol. The zero-order chi connectivity index (χ0) is 23.4. The minimum atomic E-state index is -0.525. The molecule has 1 aromatic heterocycles. The topological polar surface area (TPSA) is 110 Å². The van der Waals surface area contributed by atoms with E-state index in [1.54, 1.807) is 12.1 Å². The molecular weight excluding hydrogens is 447 g/mol. The molecule has 4 rings (SSSR count). The van der Waals surface area contributed by atoms with Gasteiger partial charge in [0.1, 0.15) is 12.4 Å². The number of carbonyl (C=O) groups excluding carboxylic acids is 3. The minimum absolute atomic E-state index is 0.00950. The average Bonchev–Trinajstić information content (AvgIpc) is 3.35. The number of hydrogen-bond donors (Lipinski definition) is 1. The number of thioether (sulfide) groups is 1. The molecule has 11 heteroatoms. The van der Waals surface area contributed by atoms with Gasteiger partial charge < -0.3 is 5.32 Å². The van der Waals surface area contributed by atoms with Crippen molar-refractivity contribution in [3.63, 3.8) is 0 Å². The molecule has 1 N–H and O–H groups in total. The molecule has 0 saturated carbocycles. The van der Waals surface area contributed by atoms with Gasteiger partial charge in [0, 0.05) is 24.2 Å². The minimum Gasteiger partial charge on any atom is -0.353 e. The monoisotopic (exact) mass is 466 g/mol. The number of halogens is 1. The maximum atomic E-state index is 13.8. The lowest BCUT2D eigenvalue weighted by molar-refractivity contribution is -0.124. The first-order valence-corrected chi connectivity index (χ1v) is 10.8. The Kier molecular flexibility index (Phi) is 6.59. The summed E-state index contributed by atoms with van der Waals surface area (Å²) in [5.74, 6) is -0.994. The van der Waals surface area contributed by atoms with Crippen LogP contribution in [0.4, 0.5) is 9.18 Å². The van der Waals surface area contributed by atoms with Crippen molar-refractivity contribution >= 4 is 34.9 Å². The Bertz CT molecular complexity index is 1240. The molecule has 9 nitrogen and oxygen atoms in total. The number of aromatic nitrogens is 4. The van der Waals surface area contributed by atoms with Crippen molar-refractivity contribution in [3.8, 4) is 11.4 Å². The van der Waals surface area contributed by atoms with Crippen LogP contribution >= 0.6 is 11.8 Å². The standard InChI is InChI=1S/C22H19FN6O3S/c1-14-6-8-15(9-7-14)20-25-27-29(26-20)13-19(30)24-10-11-28-21(31)18(33-22(28)32)12-16-4-2-3-5-17(16)23/h2-9,12H,10-11,13H2,1H3,(H,24,30)/b18-12-. The highest BCUT2D eigenvalue weighted by Gasteiger charge is 2.34. The van der Waals surface area contributed by atoms with Gasteiger partial charge >= 0.3 is 0 Å². The molecule has 0 bridgehead atoms. The van der Waals surface area contributed by atoms with Gasteiger partial charge in [-0.05, 0) is 36.0 Å². The third-order valence-corrected chi connectivity index (χ3v) is 5.68. The van der Waals surface area contributed by atoms with E-state index >= 15 is 0 Å². The fourth-order valence-corrected chi connectivity index (χ4v) is 3.90. The van der Waals surface area contributed by atoms with Gasteiger partial charge in [-0.1, -0.05) is 48.0 Å². The van der Waals surface area contributed by atoms with Gasteiger partial charge in [0.25, 0.3) is 11.1 Å². The van der Waals surface area contributed by atoms with E-state index in [4.69, 9.17) is 0 Å². The lowest BCUT2D eigenvalue weighted by Gasteiger charge is -2.12. The van der Waals surface area contributed by atoms with E-state index < -0.39 is 22.9 Å². The molecule has 33 heavy (non-hydrogen) atoms. The van der Waals surface area contributed by atoms with Crippen LogP contribution in [0.25, 0.3) is 17.5 Å². The Hall–Kier alpha value is -3.86. The second-order valence-corrected chi connectivity index (χ2v) is 8.21. The second kappa shape index (κ2) is 9.74. The Morgan fingerprint density at radius 2 is 1.91 bits per heavy atom. The Balaban J connectivity index is 1.29. The molecule has 3 aromatic rings. The average molecular weight is 466 g/mol. The van der Waals surface area contributed by atoms with Crippen molar-refractivity contribution in [3.05, 3.63) is 70.4 Å². The van der Waals surface area contributed by atoms with Crippen molar-refractivity contribution in [2.45, 2.75) is 13.5 Å². The number of benzene rings is 2. The first-order valence-electron chi connectivity index (χ1n) is 10.0. The van der Waals surface area contributed by atoms with Gasteiger partial charge in [0.2, 0.25) is 11.7 Å². The molecule has 0 atom stereocenters. The quantitative estimate of drug-likeness (QED) is 0.533. The highest BCUT2D eigenvalue weighted by Crippen LogP contribution is 2.32. The third kappa shape index (κ3) is 5.32. The van der Waals surface area contributed by atoms with Crippen LogP contribution in [0.5, 0.6) is 0 Å². The lowest BCUT2D eigenvalue weighted by atomic mass is 10.1.